The zero-order chi connectivity index (χ0) is 14.8. The van der Waals surface area contributed by atoms with Gasteiger partial charge < -0.3 is 15.2 Å². The lowest BCUT2D eigenvalue weighted by Crippen LogP contribution is -2.45. The van der Waals surface area contributed by atoms with Gasteiger partial charge in [0.05, 0.1) is 7.11 Å². The Morgan fingerprint density at radius 1 is 1.35 bits per heavy atom. The number of carboxylic acids is 1. The lowest BCUT2D eigenvalue weighted by molar-refractivity contribution is -0.143. The predicted octanol–water partition coefficient (Wildman–Crippen LogP) is 1.61. The quantitative estimate of drug-likeness (QED) is 0.828. The summed E-state index contributed by atoms with van der Waals surface area (Å²) in [5, 5.41) is 11.7. The Bertz CT molecular complexity index is 505. The molecule has 1 amide bonds. The number of hydrogen-bond acceptors (Lipinski definition) is 3. The normalized spacial score (nSPS) is 17.1. The highest BCUT2D eigenvalue weighted by atomic mass is 16.5. The second-order valence-corrected chi connectivity index (χ2v) is 5.33. The van der Waals surface area contributed by atoms with Crippen molar-refractivity contribution in [2.24, 2.45) is 5.92 Å². The lowest BCUT2D eigenvalue weighted by Gasteiger charge is -2.17. The predicted molar refractivity (Wildman–Crippen MR) is 73.6 cm³/mol. The van der Waals surface area contributed by atoms with Crippen LogP contribution < -0.4 is 10.1 Å². The summed E-state index contributed by atoms with van der Waals surface area (Å²) in [6, 6.07) is 7.51. The molecule has 2 rings (SSSR count). The number of ether oxygens (including phenoxy) is 1. The van der Waals surface area contributed by atoms with Gasteiger partial charge >= 0.3 is 5.97 Å². The van der Waals surface area contributed by atoms with E-state index in [1.165, 1.54) is 0 Å². The average Bonchev–Trinajstić information content (AvgIpc) is 3.20. The first-order chi connectivity index (χ1) is 9.47. The Balaban J connectivity index is 1.92. The molecule has 0 bridgehead atoms. The molecule has 5 nitrogen and oxygen atoms in total. The maximum atomic E-state index is 12.0. The second-order valence-electron chi connectivity index (χ2n) is 5.33. The van der Waals surface area contributed by atoms with Gasteiger partial charge in [-0.05, 0) is 37.0 Å². The summed E-state index contributed by atoms with van der Waals surface area (Å²) in [5.41, 5.74) is 0.0132. The number of rotatable bonds is 6. The molecule has 0 saturated heterocycles. The molecule has 1 aromatic carbocycles. The van der Waals surface area contributed by atoms with Crippen molar-refractivity contribution in [2.45, 2.75) is 31.7 Å². The molecule has 0 aliphatic heterocycles. The van der Waals surface area contributed by atoms with Crippen LogP contribution in [0.4, 0.5) is 0 Å². The number of amides is 1. The molecule has 0 aromatic heterocycles. The van der Waals surface area contributed by atoms with E-state index in [9.17, 15) is 9.59 Å². The van der Waals surface area contributed by atoms with Crippen molar-refractivity contribution < 1.29 is 19.4 Å². The van der Waals surface area contributed by atoms with Gasteiger partial charge in [-0.1, -0.05) is 19.1 Å². The van der Waals surface area contributed by atoms with Gasteiger partial charge in [0.2, 0.25) is 5.91 Å². The van der Waals surface area contributed by atoms with Gasteiger partial charge in [-0.15, -0.1) is 0 Å². The fraction of sp³-hybridized carbons (Fsp3) is 0.467. The van der Waals surface area contributed by atoms with Crippen molar-refractivity contribution in [3.8, 4) is 5.75 Å². The van der Waals surface area contributed by atoms with E-state index in [0.717, 1.165) is 11.3 Å². The summed E-state index contributed by atoms with van der Waals surface area (Å²) >= 11 is 0. The van der Waals surface area contributed by atoms with Crippen molar-refractivity contribution in [1.82, 2.24) is 5.32 Å². The van der Waals surface area contributed by atoms with E-state index < -0.39 is 11.5 Å². The molecule has 1 aliphatic carbocycles. The zero-order valence-corrected chi connectivity index (χ0v) is 11.7. The third kappa shape index (κ3) is 3.10. The number of carboxylic acid groups (broad SMARTS) is 1. The third-order valence-electron chi connectivity index (χ3n) is 3.67. The second kappa shape index (κ2) is 5.53. The monoisotopic (exact) mass is 277 g/mol. The minimum atomic E-state index is -1.01. The fourth-order valence-corrected chi connectivity index (χ4v) is 2.08. The van der Waals surface area contributed by atoms with Gasteiger partial charge in [0.1, 0.15) is 11.3 Å². The number of aliphatic carboxylic acids is 1. The lowest BCUT2D eigenvalue weighted by atomic mass is 10.00. The van der Waals surface area contributed by atoms with E-state index in [1.54, 1.807) is 14.0 Å². The van der Waals surface area contributed by atoms with Crippen LogP contribution in [-0.4, -0.2) is 29.6 Å². The molecular formula is C15H19NO4. The Hall–Kier alpha value is -2.04. The Morgan fingerprint density at radius 3 is 2.40 bits per heavy atom. The SMILES string of the molecule is COc1ccc(CC(C)C(=O)NC2(C(=O)O)CC2)cc1. The van der Waals surface area contributed by atoms with Crippen LogP contribution in [0.1, 0.15) is 25.3 Å². The van der Waals surface area contributed by atoms with Crippen molar-refractivity contribution in [3.63, 3.8) is 0 Å². The van der Waals surface area contributed by atoms with Gasteiger partial charge in [-0.3, -0.25) is 4.79 Å². The topological polar surface area (TPSA) is 75.6 Å². The summed E-state index contributed by atoms with van der Waals surface area (Å²) < 4.78 is 5.08. The van der Waals surface area contributed by atoms with E-state index in [1.807, 2.05) is 24.3 Å². The number of nitrogens with one attached hydrogen (secondary N) is 1. The van der Waals surface area contributed by atoms with E-state index in [0.29, 0.717) is 19.3 Å². The van der Waals surface area contributed by atoms with E-state index >= 15 is 0 Å². The summed E-state index contributed by atoms with van der Waals surface area (Å²) in [5.74, 6) is -0.642. The molecule has 1 aromatic rings. The molecular weight excluding hydrogens is 258 g/mol. The zero-order valence-electron chi connectivity index (χ0n) is 11.7. The van der Waals surface area contributed by atoms with Crippen LogP contribution in [0.3, 0.4) is 0 Å². The Kier molecular flexibility index (Phi) is 3.97. The summed E-state index contributed by atoms with van der Waals surface area (Å²) in [6.07, 6.45) is 1.61. The molecule has 20 heavy (non-hydrogen) atoms. The Labute approximate surface area is 117 Å². The standard InChI is InChI=1S/C15H19NO4/c1-10(9-11-3-5-12(20-2)6-4-11)13(17)16-15(7-8-15)14(18)19/h3-6,10H,7-9H2,1-2H3,(H,16,17)(H,18,19). The minimum Gasteiger partial charge on any atom is -0.497 e. The summed E-state index contributed by atoms with van der Waals surface area (Å²) in [7, 11) is 1.60. The van der Waals surface area contributed by atoms with Crippen molar-refractivity contribution in [2.75, 3.05) is 7.11 Å². The minimum absolute atomic E-state index is 0.208. The Morgan fingerprint density at radius 2 is 1.95 bits per heavy atom. The summed E-state index contributed by atoms with van der Waals surface area (Å²) in [4.78, 5) is 23.1. The molecule has 1 saturated carbocycles. The maximum absolute atomic E-state index is 12.0. The van der Waals surface area contributed by atoms with Crippen molar-refractivity contribution in [3.05, 3.63) is 29.8 Å². The van der Waals surface area contributed by atoms with Crippen LogP contribution in [0.2, 0.25) is 0 Å². The number of carbonyl (C=O) groups excluding carboxylic acids is 1. The molecule has 0 radical (unpaired) electrons. The number of hydrogen-bond donors (Lipinski definition) is 2. The van der Waals surface area contributed by atoms with Gasteiger partial charge in [-0.2, -0.15) is 0 Å². The first kappa shape index (κ1) is 14.4. The highest BCUT2D eigenvalue weighted by Gasteiger charge is 2.51. The third-order valence-corrected chi connectivity index (χ3v) is 3.67. The molecule has 5 heteroatoms. The molecule has 0 spiro atoms. The smallest absolute Gasteiger partial charge is 0.329 e. The van der Waals surface area contributed by atoms with E-state index in [2.05, 4.69) is 5.32 Å². The highest BCUT2D eigenvalue weighted by molar-refractivity contribution is 5.90. The first-order valence-corrected chi connectivity index (χ1v) is 6.65. The molecule has 0 heterocycles. The van der Waals surface area contributed by atoms with E-state index in [-0.39, 0.29) is 11.8 Å². The van der Waals surface area contributed by atoms with Crippen LogP contribution in [0.15, 0.2) is 24.3 Å². The van der Waals surface area contributed by atoms with Crippen LogP contribution >= 0.6 is 0 Å². The highest BCUT2D eigenvalue weighted by Crippen LogP contribution is 2.35. The molecule has 108 valence electrons. The largest absolute Gasteiger partial charge is 0.497 e. The molecule has 1 unspecified atom stereocenters. The number of benzene rings is 1. The van der Waals surface area contributed by atoms with Crippen LogP contribution in [0, 0.1) is 5.92 Å². The van der Waals surface area contributed by atoms with Gasteiger partial charge in [-0.25, -0.2) is 4.79 Å². The van der Waals surface area contributed by atoms with Crippen molar-refractivity contribution >= 4 is 11.9 Å². The fourth-order valence-electron chi connectivity index (χ4n) is 2.08. The van der Waals surface area contributed by atoms with Gasteiger partial charge in [0, 0.05) is 5.92 Å². The van der Waals surface area contributed by atoms with Crippen LogP contribution in [0.5, 0.6) is 5.75 Å². The van der Waals surface area contributed by atoms with Crippen LogP contribution in [-0.2, 0) is 16.0 Å². The maximum Gasteiger partial charge on any atom is 0.329 e. The summed E-state index contributed by atoms with van der Waals surface area (Å²) in [6.45, 7) is 1.80. The van der Waals surface area contributed by atoms with Crippen molar-refractivity contribution in [1.29, 1.82) is 0 Å². The van der Waals surface area contributed by atoms with Crippen LogP contribution in [0.25, 0.3) is 0 Å². The van der Waals surface area contributed by atoms with E-state index in [4.69, 9.17) is 9.84 Å². The number of carbonyl (C=O) groups is 2. The molecule has 2 N–H and O–H groups in total. The molecule has 1 fully saturated rings. The molecule has 1 atom stereocenters. The average molecular weight is 277 g/mol. The number of methoxy groups -OCH3 is 1. The molecule has 1 aliphatic rings. The van der Waals surface area contributed by atoms with Gasteiger partial charge in [0.25, 0.3) is 0 Å². The first-order valence-electron chi connectivity index (χ1n) is 6.65. The van der Waals surface area contributed by atoms with Gasteiger partial charge in [0.15, 0.2) is 0 Å².